The maximum absolute atomic E-state index is 12.6. The number of aromatic nitrogens is 4. The number of piperidine rings is 1. The van der Waals surface area contributed by atoms with E-state index in [9.17, 15) is 4.79 Å². The van der Waals surface area contributed by atoms with Crippen LogP contribution in [0.3, 0.4) is 0 Å². The van der Waals surface area contributed by atoms with Crippen LogP contribution in [0.1, 0.15) is 42.3 Å². The number of amides is 1. The van der Waals surface area contributed by atoms with Gasteiger partial charge in [0.25, 0.3) is 0 Å². The number of carbonyl (C=O) groups is 1. The van der Waals surface area contributed by atoms with Gasteiger partial charge in [0.2, 0.25) is 5.91 Å². The number of hydrogen-bond donors (Lipinski definition) is 0. The van der Waals surface area contributed by atoms with Gasteiger partial charge >= 0.3 is 0 Å². The van der Waals surface area contributed by atoms with E-state index < -0.39 is 0 Å². The summed E-state index contributed by atoms with van der Waals surface area (Å²) < 4.78 is 14.5. The molecular formula is C17H18ClN5O3S. The SMILES string of the molecule is Cc1cc(-c2snnc2C2CCCN(C(=O)CCc3cc(Cl)no3)C2)on1. The minimum atomic E-state index is 0.0903. The second kappa shape index (κ2) is 7.77. The van der Waals surface area contributed by atoms with Gasteiger partial charge in [-0.1, -0.05) is 26.4 Å². The molecule has 0 N–H and O–H groups in total. The van der Waals surface area contributed by atoms with Crippen molar-refractivity contribution in [3.8, 4) is 10.6 Å². The predicted molar refractivity (Wildman–Crippen MR) is 98.5 cm³/mol. The van der Waals surface area contributed by atoms with Crippen LogP contribution in [0.2, 0.25) is 5.15 Å². The predicted octanol–water partition coefficient (Wildman–Crippen LogP) is 3.48. The Morgan fingerprint density at radius 3 is 3.00 bits per heavy atom. The molecule has 1 unspecified atom stereocenters. The maximum atomic E-state index is 12.6. The van der Waals surface area contributed by atoms with Crippen LogP contribution in [0.4, 0.5) is 0 Å². The van der Waals surface area contributed by atoms with Gasteiger partial charge in [-0.25, -0.2) is 0 Å². The first-order valence-electron chi connectivity index (χ1n) is 8.75. The smallest absolute Gasteiger partial charge is 0.223 e. The fourth-order valence-corrected chi connectivity index (χ4v) is 4.18. The van der Waals surface area contributed by atoms with Gasteiger partial charge in [0.05, 0.1) is 11.4 Å². The Morgan fingerprint density at radius 1 is 1.37 bits per heavy atom. The normalized spacial score (nSPS) is 17.4. The van der Waals surface area contributed by atoms with Crippen LogP contribution in [0.25, 0.3) is 10.6 Å². The summed E-state index contributed by atoms with van der Waals surface area (Å²) >= 11 is 7.04. The van der Waals surface area contributed by atoms with E-state index >= 15 is 0 Å². The molecule has 1 aliphatic heterocycles. The van der Waals surface area contributed by atoms with Crippen LogP contribution in [-0.2, 0) is 11.2 Å². The first kappa shape index (κ1) is 18.1. The zero-order chi connectivity index (χ0) is 18.8. The highest BCUT2D eigenvalue weighted by Crippen LogP contribution is 2.35. The Balaban J connectivity index is 1.42. The van der Waals surface area contributed by atoms with Gasteiger partial charge in [-0.05, 0) is 31.3 Å². The fourth-order valence-electron chi connectivity index (χ4n) is 3.33. The van der Waals surface area contributed by atoms with E-state index in [1.54, 1.807) is 6.07 Å². The quantitative estimate of drug-likeness (QED) is 0.638. The third kappa shape index (κ3) is 4.03. The number of nitrogens with zero attached hydrogens (tertiary/aromatic N) is 5. The molecule has 3 aromatic rings. The molecule has 27 heavy (non-hydrogen) atoms. The average molecular weight is 408 g/mol. The Morgan fingerprint density at radius 2 is 2.26 bits per heavy atom. The molecule has 0 radical (unpaired) electrons. The number of aryl methyl sites for hydroxylation is 2. The largest absolute Gasteiger partial charge is 0.360 e. The van der Waals surface area contributed by atoms with E-state index in [0.29, 0.717) is 36.1 Å². The topological polar surface area (TPSA) is 98.2 Å². The van der Waals surface area contributed by atoms with Crippen LogP contribution < -0.4 is 0 Å². The first-order valence-corrected chi connectivity index (χ1v) is 9.90. The van der Waals surface area contributed by atoms with Crippen LogP contribution in [0.15, 0.2) is 21.2 Å². The highest BCUT2D eigenvalue weighted by Gasteiger charge is 2.29. The molecule has 1 aliphatic rings. The molecule has 3 aromatic heterocycles. The molecule has 4 rings (SSSR count). The van der Waals surface area contributed by atoms with E-state index in [2.05, 4.69) is 19.9 Å². The summed E-state index contributed by atoms with van der Waals surface area (Å²) in [7, 11) is 0. The zero-order valence-electron chi connectivity index (χ0n) is 14.7. The second-order valence-electron chi connectivity index (χ2n) is 6.61. The number of rotatable bonds is 5. The zero-order valence-corrected chi connectivity index (χ0v) is 16.3. The Bertz CT molecular complexity index is 937. The molecule has 142 valence electrons. The van der Waals surface area contributed by atoms with E-state index in [0.717, 1.165) is 35.7 Å². The molecule has 0 bridgehead atoms. The molecule has 4 heterocycles. The maximum Gasteiger partial charge on any atom is 0.223 e. The third-order valence-corrected chi connectivity index (χ3v) is 5.58. The molecular weight excluding hydrogens is 390 g/mol. The molecule has 0 spiro atoms. The lowest BCUT2D eigenvalue weighted by atomic mass is 9.93. The van der Waals surface area contributed by atoms with E-state index in [1.807, 2.05) is 17.9 Å². The molecule has 1 amide bonds. The number of likely N-dealkylation sites (tertiary alicyclic amines) is 1. The highest BCUT2D eigenvalue weighted by molar-refractivity contribution is 7.09. The molecule has 0 aromatic carbocycles. The second-order valence-corrected chi connectivity index (χ2v) is 7.76. The van der Waals surface area contributed by atoms with Gasteiger partial charge in [-0.2, -0.15) is 0 Å². The van der Waals surface area contributed by atoms with Gasteiger partial charge in [-0.3, -0.25) is 4.79 Å². The molecule has 8 nitrogen and oxygen atoms in total. The summed E-state index contributed by atoms with van der Waals surface area (Å²) in [6, 6.07) is 3.52. The minimum Gasteiger partial charge on any atom is -0.360 e. The Hall–Kier alpha value is -2.26. The molecule has 0 saturated carbocycles. The van der Waals surface area contributed by atoms with E-state index in [-0.39, 0.29) is 11.8 Å². The van der Waals surface area contributed by atoms with Crippen molar-refractivity contribution < 1.29 is 13.8 Å². The lowest BCUT2D eigenvalue weighted by Gasteiger charge is -2.32. The average Bonchev–Trinajstić information content (AvgIpc) is 3.40. The van der Waals surface area contributed by atoms with Crippen LogP contribution in [0.5, 0.6) is 0 Å². The van der Waals surface area contributed by atoms with Crippen molar-refractivity contribution in [2.24, 2.45) is 0 Å². The molecule has 0 aliphatic carbocycles. The standard InChI is InChI=1S/C17H18ClN5O3S/c1-10-7-13(26-20-10)17-16(19-22-27-17)11-3-2-6-23(9-11)15(24)5-4-12-8-14(18)21-25-12/h7-8,11H,2-6,9H2,1H3. The first-order chi connectivity index (χ1) is 13.1. The van der Waals surface area contributed by atoms with Crippen LogP contribution >= 0.6 is 23.1 Å². The molecule has 1 saturated heterocycles. The Labute approximate surface area is 164 Å². The van der Waals surface area contributed by atoms with Crippen molar-refractivity contribution in [1.29, 1.82) is 0 Å². The summed E-state index contributed by atoms with van der Waals surface area (Å²) in [4.78, 5) is 15.4. The fraction of sp³-hybridized carbons (Fsp3) is 0.471. The highest BCUT2D eigenvalue weighted by atomic mass is 35.5. The van der Waals surface area contributed by atoms with Crippen molar-refractivity contribution in [2.75, 3.05) is 13.1 Å². The number of hydrogen-bond acceptors (Lipinski definition) is 8. The van der Waals surface area contributed by atoms with Gasteiger partial charge in [0, 0.05) is 44.0 Å². The monoisotopic (exact) mass is 407 g/mol. The van der Waals surface area contributed by atoms with Crippen molar-refractivity contribution in [3.63, 3.8) is 0 Å². The van der Waals surface area contributed by atoms with E-state index in [1.165, 1.54) is 11.5 Å². The summed E-state index contributed by atoms with van der Waals surface area (Å²) in [5.74, 6) is 1.53. The molecule has 1 fully saturated rings. The van der Waals surface area contributed by atoms with Gasteiger partial charge < -0.3 is 13.9 Å². The van der Waals surface area contributed by atoms with Gasteiger partial charge in [0.15, 0.2) is 10.9 Å². The molecule has 10 heteroatoms. The van der Waals surface area contributed by atoms with E-state index in [4.69, 9.17) is 20.6 Å². The number of halogens is 1. The summed E-state index contributed by atoms with van der Waals surface area (Å²) in [6.45, 7) is 3.26. The molecule has 1 atom stereocenters. The minimum absolute atomic E-state index is 0.0903. The van der Waals surface area contributed by atoms with Crippen molar-refractivity contribution in [3.05, 3.63) is 34.4 Å². The van der Waals surface area contributed by atoms with Crippen LogP contribution in [0, 0.1) is 6.92 Å². The van der Waals surface area contributed by atoms with Gasteiger partial charge in [0.1, 0.15) is 10.6 Å². The van der Waals surface area contributed by atoms with Crippen molar-refractivity contribution >= 4 is 29.0 Å². The Kier molecular flexibility index (Phi) is 5.22. The van der Waals surface area contributed by atoms with Crippen molar-refractivity contribution in [1.82, 2.24) is 24.8 Å². The van der Waals surface area contributed by atoms with Crippen LogP contribution in [-0.4, -0.2) is 43.8 Å². The lowest BCUT2D eigenvalue weighted by Crippen LogP contribution is -2.39. The third-order valence-electron chi connectivity index (χ3n) is 4.64. The lowest BCUT2D eigenvalue weighted by molar-refractivity contribution is -0.132. The summed E-state index contributed by atoms with van der Waals surface area (Å²) in [5.41, 5.74) is 1.70. The van der Waals surface area contributed by atoms with Crippen molar-refractivity contribution in [2.45, 2.75) is 38.5 Å². The van der Waals surface area contributed by atoms with Gasteiger partial charge in [-0.15, -0.1) is 5.10 Å². The summed E-state index contributed by atoms with van der Waals surface area (Å²) in [6.07, 6.45) is 2.74. The summed E-state index contributed by atoms with van der Waals surface area (Å²) in [5, 5.41) is 12.2. The number of carbonyl (C=O) groups excluding carboxylic acids is 1.